The Bertz CT molecular complexity index is 627. The maximum absolute atomic E-state index is 10.8. The highest BCUT2D eigenvalue weighted by atomic mass is 32.2. The molecule has 1 N–H and O–H groups in total. The third-order valence-corrected chi connectivity index (χ3v) is 4.16. The van der Waals surface area contributed by atoms with Crippen molar-refractivity contribution in [1.29, 1.82) is 0 Å². The first kappa shape index (κ1) is 15.8. The molecule has 0 aromatic carbocycles. The van der Waals surface area contributed by atoms with E-state index in [9.17, 15) is 4.79 Å². The lowest BCUT2D eigenvalue weighted by molar-refractivity contribution is -0.133. The number of rotatable bonds is 7. The Hall–Kier alpha value is -1.60. The van der Waals surface area contributed by atoms with E-state index >= 15 is 0 Å². The second-order valence-corrected chi connectivity index (χ2v) is 6.02. The van der Waals surface area contributed by atoms with Crippen LogP contribution in [0.5, 0.6) is 0 Å². The van der Waals surface area contributed by atoms with E-state index in [0.717, 1.165) is 11.0 Å². The van der Waals surface area contributed by atoms with E-state index in [1.54, 1.807) is 19.5 Å². The summed E-state index contributed by atoms with van der Waals surface area (Å²) in [5, 5.41) is 9.59. The number of carboxylic acid groups (broad SMARTS) is 1. The monoisotopic (exact) mass is 309 g/mol. The topological polar surface area (TPSA) is 77.2 Å². The number of fused-ring (bicyclic) bond motifs is 1. The van der Waals surface area contributed by atoms with Crippen LogP contribution in [0.2, 0.25) is 0 Å². The van der Waals surface area contributed by atoms with Gasteiger partial charge in [0.1, 0.15) is 5.52 Å². The van der Waals surface area contributed by atoms with Gasteiger partial charge in [-0.05, 0) is 12.0 Å². The van der Waals surface area contributed by atoms with Gasteiger partial charge in [0.2, 0.25) is 0 Å². The molecular formula is C14H19N3O3S. The molecule has 2 aromatic rings. The zero-order valence-corrected chi connectivity index (χ0v) is 13.1. The zero-order valence-electron chi connectivity index (χ0n) is 12.3. The summed E-state index contributed by atoms with van der Waals surface area (Å²) in [6.07, 6.45) is 3.41. The van der Waals surface area contributed by atoms with Crippen molar-refractivity contribution in [1.82, 2.24) is 14.5 Å². The number of imidazole rings is 1. The van der Waals surface area contributed by atoms with Crippen LogP contribution in [0.1, 0.15) is 19.9 Å². The molecule has 2 aromatic heterocycles. The van der Waals surface area contributed by atoms with Crippen LogP contribution in [-0.2, 0) is 9.53 Å². The highest BCUT2D eigenvalue weighted by Gasteiger charge is 2.22. The molecule has 1 unspecified atom stereocenters. The third kappa shape index (κ3) is 3.54. The molecule has 0 saturated heterocycles. The van der Waals surface area contributed by atoms with Crippen molar-refractivity contribution in [2.24, 2.45) is 5.92 Å². The summed E-state index contributed by atoms with van der Waals surface area (Å²) in [5.74, 6) is -0.543. The van der Waals surface area contributed by atoms with E-state index in [1.165, 1.54) is 11.8 Å². The van der Waals surface area contributed by atoms with Gasteiger partial charge in [-0.25, -0.2) is 4.98 Å². The molecule has 6 nitrogen and oxygen atoms in total. The number of ether oxygens (including phenoxy) is 1. The first-order valence-corrected chi connectivity index (χ1v) is 7.68. The van der Waals surface area contributed by atoms with Gasteiger partial charge in [-0.1, -0.05) is 25.6 Å². The highest BCUT2D eigenvalue weighted by Crippen LogP contribution is 2.31. The van der Waals surface area contributed by atoms with E-state index < -0.39 is 5.97 Å². The van der Waals surface area contributed by atoms with Gasteiger partial charge in [-0.2, -0.15) is 0 Å². The molecule has 0 amide bonds. The minimum absolute atomic E-state index is 0.0193. The smallest absolute Gasteiger partial charge is 0.313 e. The molecule has 0 spiro atoms. The average Bonchev–Trinajstić information content (AvgIpc) is 2.80. The molecule has 0 fully saturated rings. The Morgan fingerprint density at radius 3 is 2.90 bits per heavy atom. The number of carbonyl (C=O) groups is 1. The van der Waals surface area contributed by atoms with Gasteiger partial charge in [0.25, 0.3) is 0 Å². The van der Waals surface area contributed by atoms with Crippen LogP contribution in [-0.4, -0.2) is 45.1 Å². The Labute approximate surface area is 127 Å². The maximum atomic E-state index is 10.8. The van der Waals surface area contributed by atoms with Crippen molar-refractivity contribution in [3.8, 4) is 0 Å². The number of hydrogen-bond donors (Lipinski definition) is 1. The van der Waals surface area contributed by atoms with Crippen LogP contribution in [0, 0.1) is 5.92 Å². The van der Waals surface area contributed by atoms with Gasteiger partial charge in [-0.15, -0.1) is 0 Å². The van der Waals surface area contributed by atoms with Crippen molar-refractivity contribution >= 4 is 28.8 Å². The molecule has 0 bridgehead atoms. The maximum Gasteiger partial charge on any atom is 0.313 e. The lowest BCUT2D eigenvalue weighted by Gasteiger charge is -2.24. The molecule has 2 heterocycles. The van der Waals surface area contributed by atoms with Crippen LogP contribution >= 0.6 is 11.8 Å². The number of aliphatic carboxylic acids is 1. The largest absolute Gasteiger partial charge is 0.481 e. The highest BCUT2D eigenvalue weighted by molar-refractivity contribution is 7.99. The Kier molecular flexibility index (Phi) is 5.19. The summed E-state index contributed by atoms with van der Waals surface area (Å²) in [4.78, 5) is 19.4. The van der Waals surface area contributed by atoms with E-state index in [-0.39, 0.29) is 11.8 Å². The number of nitrogens with zero attached hydrogens (tertiary/aromatic N) is 3. The van der Waals surface area contributed by atoms with Gasteiger partial charge in [0.05, 0.1) is 30.1 Å². The number of hydrogen-bond acceptors (Lipinski definition) is 5. The standard InChI is InChI=1S/C14H19N3O3S/c1-9(2)12(7-20-3)17-11-4-5-15-6-10(11)16-14(17)21-8-13(18)19/h4-6,9,12H,7-8H2,1-3H3,(H,18,19). The average molecular weight is 309 g/mol. The summed E-state index contributed by atoms with van der Waals surface area (Å²) in [5.41, 5.74) is 1.72. The van der Waals surface area contributed by atoms with Crippen molar-refractivity contribution < 1.29 is 14.6 Å². The van der Waals surface area contributed by atoms with Crippen molar-refractivity contribution in [3.63, 3.8) is 0 Å². The zero-order chi connectivity index (χ0) is 15.4. The van der Waals surface area contributed by atoms with Gasteiger partial charge in [-0.3, -0.25) is 9.78 Å². The minimum atomic E-state index is -0.857. The van der Waals surface area contributed by atoms with Gasteiger partial charge < -0.3 is 14.4 Å². The first-order chi connectivity index (χ1) is 10.0. The Morgan fingerprint density at radius 1 is 1.52 bits per heavy atom. The quantitative estimate of drug-likeness (QED) is 0.792. The minimum Gasteiger partial charge on any atom is -0.481 e. The number of carboxylic acids is 1. The lowest BCUT2D eigenvalue weighted by atomic mass is 10.1. The molecule has 0 aliphatic heterocycles. The van der Waals surface area contributed by atoms with Crippen LogP contribution in [0.4, 0.5) is 0 Å². The van der Waals surface area contributed by atoms with Crippen molar-refractivity contribution in [3.05, 3.63) is 18.5 Å². The van der Waals surface area contributed by atoms with E-state index in [2.05, 4.69) is 28.4 Å². The Morgan fingerprint density at radius 2 is 2.29 bits per heavy atom. The van der Waals surface area contributed by atoms with Crippen LogP contribution < -0.4 is 0 Å². The molecular weight excluding hydrogens is 290 g/mol. The van der Waals surface area contributed by atoms with Crippen LogP contribution in [0.15, 0.2) is 23.6 Å². The molecule has 21 heavy (non-hydrogen) atoms. The summed E-state index contributed by atoms with van der Waals surface area (Å²) >= 11 is 1.22. The first-order valence-electron chi connectivity index (χ1n) is 6.70. The lowest BCUT2D eigenvalue weighted by Crippen LogP contribution is -2.21. The van der Waals surface area contributed by atoms with Crippen LogP contribution in [0.25, 0.3) is 11.0 Å². The van der Waals surface area contributed by atoms with Gasteiger partial charge in [0, 0.05) is 13.3 Å². The van der Waals surface area contributed by atoms with E-state index in [0.29, 0.717) is 17.7 Å². The summed E-state index contributed by atoms with van der Waals surface area (Å²) in [7, 11) is 1.67. The fraction of sp³-hybridized carbons (Fsp3) is 0.500. The van der Waals surface area contributed by atoms with Crippen molar-refractivity contribution in [2.45, 2.75) is 25.0 Å². The fourth-order valence-corrected chi connectivity index (χ4v) is 3.00. The molecule has 0 aliphatic rings. The number of methoxy groups -OCH3 is 1. The van der Waals surface area contributed by atoms with Crippen molar-refractivity contribution in [2.75, 3.05) is 19.5 Å². The van der Waals surface area contributed by atoms with Gasteiger partial charge >= 0.3 is 5.97 Å². The molecule has 0 aliphatic carbocycles. The SMILES string of the molecule is COCC(C(C)C)n1c(SCC(=O)O)nc2cnccc21. The molecule has 1 atom stereocenters. The second kappa shape index (κ2) is 6.91. The van der Waals surface area contributed by atoms with Gasteiger partial charge in [0.15, 0.2) is 5.16 Å². The van der Waals surface area contributed by atoms with E-state index in [4.69, 9.17) is 9.84 Å². The normalized spacial score (nSPS) is 13.0. The van der Waals surface area contributed by atoms with E-state index in [1.807, 2.05) is 6.07 Å². The summed E-state index contributed by atoms with van der Waals surface area (Å²) in [6, 6.07) is 2.00. The predicted molar refractivity (Wildman–Crippen MR) is 81.6 cm³/mol. The summed E-state index contributed by atoms with van der Waals surface area (Å²) < 4.78 is 7.40. The summed E-state index contributed by atoms with van der Waals surface area (Å²) in [6.45, 7) is 4.77. The molecule has 114 valence electrons. The molecule has 2 rings (SSSR count). The Balaban J connectivity index is 2.50. The fourth-order valence-electron chi connectivity index (χ4n) is 2.21. The third-order valence-electron chi connectivity index (χ3n) is 3.22. The van der Waals surface area contributed by atoms with Crippen LogP contribution in [0.3, 0.4) is 0 Å². The molecule has 0 radical (unpaired) electrons. The number of aromatic nitrogens is 3. The molecule has 7 heteroatoms. The number of thioether (sulfide) groups is 1. The number of pyridine rings is 1. The second-order valence-electron chi connectivity index (χ2n) is 5.08. The predicted octanol–water partition coefficient (Wildman–Crippen LogP) is 2.45. The molecule has 0 saturated carbocycles.